The van der Waals surface area contributed by atoms with Crippen LogP contribution < -0.4 is 0 Å². The van der Waals surface area contributed by atoms with Gasteiger partial charge in [-0.2, -0.15) is 0 Å². The number of phenols is 1. The van der Waals surface area contributed by atoms with Crippen molar-refractivity contribution in [2.75, 3.05) is 0 Å². The molecule has 0 aromatic heterocycles. The lowest BCUT2D eigenvalue weighted by Gasteiger charge is -2.02. The number of phenolic OH excluding ortho intramolecular Hbond substituents is 1. The SMILES string of the molecule is O=C(O)CCCCc1ccc(Br)c(O)c1. The molecule has 2 N–H and O–H groups in total. The van der Waals surface area contributed by atoms with E-state index in [0.717, 1.165) is 18.4 Å². The van der Waals surface area contributed by atoms with E-state index in [2.05, 4.69) is 15.9 Å². The van der Waals surface area contributed by atoms with Crippen molar-refractivity contribution in [3.8, 4) is 5.75 Å². The van der Waals surface area contributed by atoms with Gasteiger partial charge in [-0.3, -0.25) is 4.79 Å². The van der Waals surface area contributed by atoms with E-state index in [0.29, 0.717) is 10.9 Å². The second-order valence-corrected chi connectivity index (χ2v) is 4.24. The molecule has 0 aliphatic rings. The molecule has 0 unspecified atom stereocenters. The van der Waals surface area contributed by atoms with E-state index in [-0.39, 0.29) is 12.2 Å². The van der Waals surface area contributed by atoms with Gasteiger partial charge < -0.3 is 10.2 Å². The minimum atomic E-state index is -0.756. The molecule has 0 saturated carbocycles. The number of rotatable bonds is 5. The zero-order chi connectivity index (χ0) is 11.3. The summed E-state index contributed by atoms with van der Waals surface area (Å²) in [5, 5.41) is 17.8. The van der Waals surface area contributed by atoms with Crippen LogP contribution in [0, 0.1) is 0 Å². The van der Waals surface area contributed by atoms with Crippen molar-refractivity contribution in [3.05, 3.63) is 28.2 Å². The average Bonchev–Trinajstić information content (AvgIpc) is 2.18. The van der Waals surface area contributed by atoms with E-state index in [1.54, 1.807) is 12.1 Å². The van der Waals surface area contributed by atoms with E-state index < -0.39 is 5.97 Å². The van der Waals surface area contributed by atoms with E-state index in [1.807, 2.05) is 6.07 Å². The van der Waals surface area contributed by atoms with Gasteiger partial charge >= 0.3 is 5.97 Å². The molecule has 1 rings (SSSR count). The number of hydrogen-bond acceptors (Lipinski definition) is 2. The number of aliphatic carboxylic acids is 1. The standard InChI is InChI=1S/C11H13BrO3/c12-9-6-5-8(7-10(9)13)3-1-2-4-11(14)15/h5-7,13H,1-4H2,(H,14,15). The fourth-order valence-corrected chi connectivity index (χ4v) is 1.57. The molecule has 82 valence electrons. The second-order valence-electron chi connectivity index (χ2n) is 3.39. The van der Waals surface area contributed by atoms with Gasteiger partial charge in [0.1, 0.15) is 5.75 Å². The topological polar surface area (TPSA) is 57.5 Å². The van der Waals surface area contributed by atoms with Crippen molar-refractivity contribution in [2.45, 2.75) is 25.7 Å². The smallest absolute Gasteiger partial charge is 0.303 e. The Kier molecular flexibility index (Phi) is 4.62. The number of carbonyl (C=O) groups is 1. The summed E-state index contributed by atoms with van der Waals surface area (Å²) in [5.41, 5.74) is 1.03. The first kappa shape index (κ1) is 12.0. The lowest BCUT2D eigenvalue weighted by atomic mass is 10.1. The maximum Gasteiger partial charge on any atom is 0.303 e. The number of halogens is 1. The summed E-state index contributed by atoms with van der Waals surface area (Å²) in [6, 6.07) is 5.41. The summed E-state index contributed by atoms with van der Waals surface area (Å²) in [6.07, 6.45) is 2.51. The highest BCUT2D eigenvalue weighted by molar-refractivity contribution is 9.10. The van der Waals surface area contributed by atoms with Gasteiger partial charge in [-0.15, -0.1) is 0 Å². The molecule has 0 amide bonds. The molecule has 0 aliphatic carbocycles. The van der Waals surface area contributed by atoms with E-state index >= 15 is 0 Å². The highest BCUT2D eigenvalue weighted by Crippen LogP contribution is 2.24. The van der Waals surface area contributed by atoms with Crippen LogP contribution in [-0.4, -0.2) is 16.2 Å². The number of aryl methyl sites for hydroxylation is 1. The molecule has 0 bridgehead atoms. The molecular formula is C11H13BrO3. The van der Waals surface area contributed by atoms with Crippen molar-refractivity contribution < 1.29 is 15.0 Å². The molecule has 15 heavy (non-hydrogen) atoms. The Morgan fingerprint density at radius 3 is 2.67 bits per heavy atom. The average molecular weight is 273 g/mol. The normalized spacial score (nSPS) is 10.2. The number of carboxylic acids is 1. The molecule has 0 aliphatic heterocycles. The van der Waals surface area contributed by atoms with Crippen molar-refractivity contribution >= 4 is 21.9 Å². The molecular weight excluding hydrogens is 260 g/mol. The van der Waals surface area contributed by atoms with Crippen molar-refractivity contribution in [3.63, 3.8) is 0 Å². The predicted octanol–water partition coefficient (Wildman–Crippen LogP) is 2.95. The molecule has 1 aromatic rings. The Balaban J connectivity index is 2.38. The van der Waals surface area contributed by atoms with Crippen LogP contribution in [0.3, 0.4) is 0 Å². The lowest BCUT2D eigenvalue weighted by Crippen LogP contribution is -1.94. The Morgan fingerprint density at radius 2 is 2.07 bits per heavy atom. The molecule has 0 saturated heterocycles. The van der Waals surface area contributed by atoms with Gasteiger partial charge in [0.2, 0.25) is 0 Å². The maximum absolute atomic E-state index is 10.3. The first-order valence-electron chi connectivity index (χ1n) is 4.79. The summed E-state index contributed by atoms with van der Waals surface area (Å²) in [5.74, 6) is -0.528. The summed E-state index contributed by atoms with van der Waals surface area (Å²) < 4.78 is 0.678. The van der Waals surface area contributed by atoms with E-state index in [1.165, 1.54) is 0 Å². The summed E-state index contributed by atoms with van der Waals surface area (Å²) in [6.45, 7) is 0. The fraction of sp³-hybridized carbons (Fsp3) is 0.364. The van der Waals surface area contributed by atoms with E-state index in [4.69, 9.17) is 5.11 Å². The van der Waals surface area contributed by atoms with Crippen LogP contribution in [0.1, 0.15) is 24.8 Å². The summed E-state index contributed by atoms with van der Waals surface area (Å²) in [7, 11) is 0. The Bertz CT molecular complexity index is 350. The van der Waals surface area contributed by atoms with Crippen LogP contribution in [0.4, 0.5) is 0 Å². The third kappa shape index (κ3) is 4.34. The van der Waals surface area contributed by atoms with Crippen LogP contribution in [0.5, 0.6) is 5.75 Å². The van der Waals surface area contributed by atoms with Crippen molar-refractivity contribution in [1.82, 2.24) is 0 Å². The Labute approximate surface area is 96.9 Å². The van der Waals surface area contributed by atoms with Gasteiger partial charge in [0.25, 0.3) is 0 Å². The summed E-state index contributed by atoms with van der Waals surface area (Å²) >= 11 is 3.20. The maximum atomic E-state index is 10.3. The minimum absolute atomic E-state index is 0.211. The zero-order valence-corrected chi connectivity index (χ0v) is 9.83. The highest BCUT2D eigenvalue weighted by Gasteiger charge is 2.01. The Morgan fingerprint density at radius 1 is 1.33 bits per heavy atom. The largest absolute Gasteiger partial charge is 0.507 e. The molecule has 0 heterocycles. The van der Waals surface area contributed by atoms with Crippen LogP contribution in [0.15, 0.2) is 22.7 Å². The predicted molar refractivity (Wildman–Crippen MR) is 61.0 cm³/mol. The molecule has 4 heteroatoms. The first-order chi connectivity index (χ1) is 7.09. The van der Waals surface area contributed by atoms with Gasteiger partial charge in [0.15, 0.2) is 0 Å². The number of carboxylic acid groups (broad SMARTS) is 1. The van der Waals surface area contributed by atoms with Crippen LogP contribution in [0.2, 0.25) is 0 Å². The number of unbranched alkanes of at least 4 members (excludes halogenated alkanes) is 1. The fourth-order valence-electron chi connectivity index (χ4n) is 1.32. The van der Waals surface area contributed by atoms with Gasteiger partial charge in [0.05, 0.1) is 4.47 Å². The zero-order valence-electron chi connectivity index (χ0n) is 8.24. The van der Waals surface area contributed by atoms with E-state index in [9.17, 15) is 9.90 Å². The van der Waals surface area contributed by atoms with Crippen LogP contribution in [-0.2, 0) is 11.2 Å². The molecule has 3 nitrogen and oxygen atoms in total. The van der Waals surface area contributed by atoms with Crippen molar-refractivity contribution in [2.24, 2.45) is 0 Å². The third-order valence-corrected chi connectivity index (χ3v) is 2.79. The number of aromatic hydroxyl groups is 1. The lowest BCUT2D eigenvalue weighted by molar-refractivity contribution is -0.137. The van der Waals surface area contributed by atoms with Gasteiger partial charge in [-0.1, -0.05) is 6.07 Å². The molecule has 0 fully saturated rings. The van der Waals surface area contributed by atoms with Gasteiger partial charge in [-0.05, 0) is 52.9 Å². The molecule has 1 aromatic carbocycles. The molecule has 0 atom stereocenters. The molecule has 0 spiro atoms. The molecule has 0 radical (unpaired) electrons. The second kappa shape index (κ2) is 5.75. The monoisotopic (exact) mass is 272 g/mol. The minimum Gasteiger partial charge on any atom is -0.507 e. The number of benzene rings is 1. The first-order valence-corrected chi connectivity index (χ1v) is 5.58. The van der Waals surface area contributed by atoms with Gasteiger partial charge in [0, 0.05) is 6.42 Å². The van der Waals surface area contributed by atoms with Crippen molar-refractivity contribution in [1.29, 1.82) is 0 Å². The van der Waals surface area contributed by atoms with Crippen LogP contribution >= 0.6 is 15.9 Å². The van der Waals surface area contributed by atoms with Gasteiger partial charge in [-0.25, -0.2) is 0 Å². The number of hydrogen-bond donors (Lipinski definition) is 2. The third-order valence-electron chi connectivity index (χ3n) is 2.12. The highest BCUT2D eigenvalue weighted by atomic mass is 79.9. The Hall–Kier alpha value is -1.03. The summed E-state index contributed by atoms with van der Waals surface area (Å²) in [4.78, 5) is 10.3. The quantitative estimate of drug-likeness (QED) is 0.811. The van der Waals surface area contributed by atoms with Crippen LogP contribution in [0.25, 0.3) is 0 Å².